The number of benzene rings is 1. The molecule has 0 bridgehead atoms. The molecule has 1 aromatic carbocycles. The fourth-order valence-corrected chi connectivity index (χ4v) is 2.11. The largest absolute Gasteiger partial charge is 0.392 e. The Morgan fingerprint density at radius 2 is 2.29 bits per heavy atom. The van der Waals surface area contributed by atoms with Gasteiger partial charge in [-0.15, -0.1) is 0 Å². The molecule has 0 radical (unpaired) electrons. The first-order valence-electron chi connectivity index (χ1n) is 5.99. The molecule has 2 rings (SSSR count). The molecule has 1 fully saturated rings. The van der Waals surface area contributed by atoms with Gasteiger partial charge in [-0.3, -0.25) is 0 Å². The molecule has 1 aromatic rings. The van der Waals surface area contributed by atoms with E-state index in [4.69, 9.17) is 9.84 Å². The summed E-state index contributed by atoms with van der Waals surface area (Å²) in [6, 6.07) is 4.71. The molecule has 1 saturated heterocycles. The van der Waals surface area contributed by atoms with Gasteiger partial charge in [-0.1, -0.05) is 6.92 Å². The van der Waals surface area contributed by atoms with Crippen molar-refractivity contribution in [2.45, 2.75) is 26.1 Å². The summed E-state index contributed by atoms with van der Waals surface area (Å²) in [5, 5.41) is 9.07. The van der Waals surface area contributed by atoms with Crippen LogP contribution in [0.4, 0.5) is 10.1 Å². The molecule has 94 valence electrons. The zero-order valence-corrected chi connectivity index (χ0v) is 10.0. The maximum Gasteiger partial charge on any atom is 0.125 e. The van der Waals surface area contributed by atoms with E-state index in [0.29, 0.717) is 12.2 Å². The maximum atomic E-state index is 13.4. The van der Waals surface area contributed by atoms with Crippen molar-refractivity contribution in [3.63, 3.8) is 0 Å². The number of hydrogen-bond acceptors (Lipinski definition) is 3. The van der Waals surface area contributed by atoms with Gasteiger partial charge in [0.1, 0.15) is 5.82 Å². The molecule has 4 heteroatoms. The Labute approximate surface area is 101 Å². The number of morpholine rings is 1. The predicted octanol–water partition coefficient (Wildman–Crippen LogP) is 1.93. The lowest BCUT2D eigenvalue weighted by Crippen LogP contribution is -2.42. The first kappa shape index (κ1) is 12.3. The number of halogens is 1. The Hall–Kier alpha value is -1.13. The maximum absolute atomic E-state index is 13.4. The molecular formula is C13H18FNO2. The number of aliphatic hydroxyl groups excluding tert-OH is 1. The minimum atomic E-state index is -0.300. The van der Waals surface area contributed by atoms with E-state index in [1.807, 2.05) is 6.07 Å². The van der Waals surface area contributed by atoms with E-state index in [-0.39, 0.29) is 18.5 Å². The van der Waals surface area contributed by atoms with Gasteiger partial charge in [-0.05, 0) is 30.2 Å². The van der Waals surface area contributed by atoms with Gasteiger partial charge in [0, 0.05) is 18.8 Å². The van der Waals surface area contributed by atoms with Gasteiger partial charge >= 0.3 is 0 Å². The van der Waals surface area contributed by atoms with Crippen molar-refractivity contribution in [3.8, 4) is 0 Å². The topological polar surface area (TPSA) is 32.7 Å². The fourth-order valence-electron chi connectivity index (χ4n) is 2.11. The van der Waals surface area contributed by atoms with Crippen LogP contribution in [0.2, 0.25) is 0 Å². The SMILES string of the molecule is CCC1CN(c2cc(F)cc(CO)c2)CCO1. The van der Waals surface area contributed by atoms with E-state index in [2.05, 4.69) is 11.8 Å². The lowest BCUT2D eigenvalue weighted by molar-refractivity contribution is 0.0384. The van der Waals surface area contributed by atoms with Gasteiger partial charge < -0.3 is 14.7 Å². The average Bonchev–Trinajstić information content (AvgIpc) is 2.38. The van der Waals surface area contributed by atoms with Gasteiger partial charge in [0.25, 0.3) is 0 Å². The van der Waals surface area contributed by atoms with E-state index in [0.717, 1.165) is 25.2 Å². The third kappa shape index (κ3) is 2.96. The van der Waals surface area contributed by atoms with Crippen LogP contribution in [0.1, 0.15) is 18.9 Å². The second kappa shape index (κ2) is 5.47. The number of rotatable bonds is 3. The number of anilines is 1. The van der Waals surface area contributed by atoms with Crippen LogP contribution in [-0.4, -0.2) is 30.9 Å². The summed E-state index contributed by atoms with van der Waals surface area (Å²) in [6.07, 6.45) is 1.17. The van der Waals surface area contributed by atoms with Crippen molar-refractivity contribution in [2.75, 3.05) is 24.6 Å². The third-order valence-electron chi connectivity index (χ3n) is 3.08. The van der Waals surface area contributed by atoms with Gasteiger partial charge in [0.15, 0.2) is 0 Å². The quantitative estimate of drug-likeness (QED) is 0.875. The van der Waals surface area contributed by atoms with Gasteiger partial charge in [-0.25, -0.2) is 4.39 Å². The summed E-state index contributed by atoms with van der Waals surface area (Å²) in [4.78, 5) is 2.11. The molecule has 0 aliphatic carbocycles. The molecule has 1 unspecified atom stereocenters. The lowest BCUT2D eigenvalue weighted by atomic mass is 10.1. The summed E-state index contributed by atoms with van der Waals surface area (Å²) in [7, 11) is 0. The molecule has 1 aliphatic heterocycles. The van der Waals surface area contributed by atoms with Crippen molar-refractivity contribution in [1.29, 1.82) is 0 Å². The van der Waals surface area contributed by atoms with Crippen LogP contribution in [0.15, 0.2) is 18.2 Å². The standard InChI is InChI=1S/C13H18FNO2/c1-2-13-8-15(3-4-17-13)12-6-10(9-16)5-11(14)7-12/h5-7,13,16H,2-4,8-9H2,1H3. The highest BCUT2D eigenvalue weighted by Crippen LogP contribution is 2.22. The van der Waals surface area contributed by atoms with Crippen molar-refractivity contribution < 1.29 is 14.2 Å². The van der Waals surface area contributed by atoms with E-state index in [1.165, 1.54) is 12.1 Å². The second-order valence-corrected chi connectivity index (χ2v) is 4.32. The highest BCUT2D eigenvalue weighted by Gasteiger charge is 2.19. The number of aliphatic hydroxyl groups is 1. The zero-order valence-electron chi connectivity index (χ0n) is 10.0. The molecule has 1 heterocycles. The number of ether oxygens (including phenoxy) is 1. The Morgan fingerprint density at radius 1 is 1.47 bits per heavy atom. The van der Waals surface area contributed by atoms with E-state index < -0.39 is 0 Å². The third-order valence-corrected chi connectivity index (χ3v) is 3.08. The van der Waals surface area contributed by atoms with Gasteiger partial charge in [-0.2, -0.15) is 0 Å². The first-order valence-corrected chi connectivity index (χ1v) is 5.99. The van der Waals surface area contributed by atoms with Gasteiger partial charge in [0.05, 0.1) is 19.3 Å². The number of hydrogen-bond donors (Lipinski definition) is 1. The molecular weight excluding hydrogens is 221 g/mol. The summed E-state index contributed by atoms with van der Waals surface area (Å²) < 4.78 is 19.0. The molecule has 3 nitrogen and oxygen atoms in total. The Morgan fingerprint density at radius 3 is 3.00 bits per heavy atom. The van der Waals surface area contributed by atoms with Crippen molar-refractivity contribution in [3.05, 3.63) is 29.6 Å². The minimum absolute atomic E-state index is 0.133. The molecule has 1 aliphatic rings. The summed E-state index contributed by atoms with van der Waals surface area (Å²) in [5.41, 5.74) is 1.44. The second-order valence-electron chi connectivity index (χ2n) is 4.32. The molecule has 0 amide bonds. The predicted molar refractivity (Wildman–Crippen MR) is 64.6 cm³/mol. The molecule has 0 spiro atoms. The van der Waals surface area contributed by atoms with Crippen LogP contribution in [0.25, 0.3) is 0 Å². The van der Waals surface area contributed by atoms with Crippen LogP contribution in [0.5, 0.6) is 0 Å². The molecule has 1 atom stereocenters. The Balaban J connectivity index is 2.18. The zero-order chi connectivity index (χ0) is 12.3. The lowest BCUT2D eigenvalue weighted by Gasteiger charge is -2.34. The fraction of sp³-hybridized carbons (Fsp3) is 0.538. The Bertz CT molecular complexity index is 384. The summed E-state index contributed by atoms with van der Waals surface area (Å²) >= 11 is 0. The minimum Gasteiger partial charge on any atom is -0.392 e. The van der Waals surface area contributed by atoms with Crippen molar-refractivity contribution in [1.82, 2.24) is 0 Å². The molecule has 1 N–H and O–H groups in total. The van der Waals surface area contributed by atoms with E-state index in [1.54, 1.807) is 0 Å². The highest BCUT2D eigenvalue weighted by atomic mass is 19.1. The molecule has 0 aromatic heterocycles. The van der Waals surface area contributed by atoms with Crippen molar-refractivity contribution in [2.24, 2.45) is 0 Å². The molecule has 0 saturated carbocycles. The average molecular weight is 239 g/mol. The van der Waals surface area contributed by atoms with Crippen LogP contribution < -0.4 is 4.90 Å². The van der Waals surface area contributed by atoms with E-state index >= 15 is 0 Å². The number of nitrogens with zero attached hydrogens (tertiary/aromatic N) is 1. The molecule has 17 heavy (non-hydrogen) atoms. The first-order chi connectivity index (χ1) is 8.22. The monoisotopic (exact) mass is 239 g/mol. The van der Waals surface area contributed by atoms with E-state index in [9.17, 15) is 4.39 Å². The highest BCUT2D eigenvalue weighted by molar-refractivity contribution is 5.49. The van der Waals surface area contributed by atoms with Crippen LogP contribution in [-0.2, 0) is 11.3 Å². The van der Waals surface area contributed by atoms with Gasteiger partial charge in [0.2, 0.25) is 0 Å². The summed E-state index contributed by atoms with van der Waals surface area (Å²) in [6.45, 7) is 4.17. The Kier molecular flexibility index (Phi) is 3.97. The smallest absolute Gasteiger partial charge is 0.125 e. The van der Waals surface area contributed by atoms with Crippen LogP contribution in [0.3, 0.4) is 0 Å². The summed E-state index contributed by atoms with van der Waals surface area (Å²) in [5.74, 6) is -0.300. The van der Waals surface area contributed by atoms with Crippen LogP contribution in [0, 0.1) is 5.82 Å². The van der Waals surface area contributed by atoms with Crippen molar-refractivity contribution >= 4 is 5.69 Å². The van der Waals surface area contributed by atoms with Crippen LogP contribution >= 0.6 is 0 Å². The normalized spacial score (nSPS) is 20.6.